The lowest BCUT2D eigenvalue weighted by Crippen LogP contribution is -2.27. The van der Waals surface area contributed by atoms with Gasteiger partial charge in [0.25, 0.3) is 0 Å². The highest BCUT2D eigenvalue weighted by molar-refractivity contribution is 8.00. The number of nitrogens with zero attached hydrogens (tertiary/aromatic N) is 1. The van der Waals surface area contributed by atoms with Crippen molar-refractivity contribution >= 4 is 46.6 Å². The van der Waals surface area contributed by atoms with E-state index in [0.29, 0.717) is 11.6 Å². The molecule has 0 saturated carbocycles. The van der Waals surface area contributed by atoms with E-state index < -0.39 is 0 Å². The number of thioether (sulfide) groups is 1. The van der Waals surface area contributed by atoms with Crippen molar-refractivity contribution in [1.29, 1.82) is 0 Å². The minimum atomic E-state index is -0.113. The Morgan fingerprint density at radius 3 is 2.76 bits per heavy atom. The van der Waals surface area contributed by atoms with Crippen molar-refractivity contribution in [2.24, 2.45) is 0 Å². The van der Waals surface area contributed by atoms with E-state index in [1.54, 1.807) is 11.8 Å². The zero-order chi connectivity index (χ0) is 17.8. The lowest BCUT2D eigenvalue weighted by Gasteiger charge is -2.25. The molecule has 1 aliphatic rings. The van der Waals surface area contributed by atoms with Crippen LogP contribution in [0.5, 0.6) is 0 Å². The number of alkyl halides is 1. The van der Waals surface area contributed by atoms with Gasteiger partial charge < -0.3 is 5.32 Å². The van der Waals surface area contributed by atoms with Gasteiger partial charge in [0, 0.05) is 23.7 Å². The molecule has 130 valence electrons. The van der Waals surface area contributed by atoms with E-state index in [1.165, 1.54) is 0 Å². The second-order valence-electron chi connectivity index (χ2n) is 5.88. The van der Waals surface area contributed by atoms with Crippen LogP contribution in [0.4, 0.5) is 11.4 Å². The van der Waals surface area contributed by atoms with E-state index in [-0.39, 0.29) is 23.6 Å². The molecule has 1 heterocycles. The molecule has 1 N–H and O–H groups in total. The maximum atomic E-state index is 12.4. The van der Waals surface area contributed by atoms with Crippen LogP contribution in [0, 0.1) is 6.92 Å². The Morgan fingerprint density at radius 2 is 2.04 bits per heavy atom. The molecule has 0 unspecified atom stereocenters. The summed E-state index contributed by atoms with van der Waals surface area (Å²) in [5.41, 5.74) is 3.75. The fraction of sp³-hybridized carbons (Fsp3) is 0.263. The van der Waals surface area contributed by atoms with Crippen molar-refractivity contribution in [3.8, 4) is 0 Å². The molecule has 0 bridgehead atoms. The third-order valence-corrected chi connectivity index (χ3v) is 5.36. The summed E-state index contributed by atoms with van der Waals surface area (Å²) in [6.45, 7) is 2.02. The predicted molar refractivity (Wildman–Crippen MR) is 104 cm³/mol. The largest absolute Gasteiger partial charge is 0.326 e. The summed E-state index contributed by atoms with van der Waals surface area (Å²) in [5, 5.41) is 2.75. The third-order valence-electron chi connectivity index (χ3n) is 3.96. The Bertz CT molecular complexity index is 779. The molecule has 2 aromatic carbocycles. The standard InChI is InChI=1S/C19H19ClN2O2S/c1-13-5-7-16(8-6-13)22-18(24)12-25-19(22)14-3-2-4-15(11-14)21-17(23)9-10-20/h2-8,11,19H,9-10,12H2,1H3,(H,21,23)/t19-/m0/s1. The molecule has 0 aliphatic carbocycles. The van der Waals surface area contributed by atoms with Crippen molar-refractivity contribution in [2.45, 2.75) is 18.7 Å². The van der Waals surface area contributed by atoms with Gasteiger partial charge in [0.05, 0.1) is 5.75 Å². The van der Waals surface area contributed by atoms with Crippen LogP contribution < -0.4 is 10.2 Å². The molecule has 0 aromatic heterocycles. The Balaban J connectivity index is 1.85. The zero-order valence-electron chi connectivity index (χ0n) is 13.9. The summed E-state index contributed by atoms with van der Waals surface area (Å²) in [6, 6.07) is 15.6. The van der Waals surface area contributed by atoms with Crippen LogP contribution in [-0.4, -0.2) is 23.4 Å². The van der Waals surface area contributed by atoms with Crippen LogP contribution in [0.15, 0.2) is 48.5 Å². The first-order valence-electron chi connectivity index (χ1n) is 8.04. The van der Waals surface area contributed by atoms with Crippen molar-refractivity contribution < 1.29 is 9.59 Å². The molecule has 25 heavy (non-hydrogen) atoms. The van der Waals surface area contributed by atoms with Gasteiger partial charge in [0.2, 0.25) is 11.8 Å². The quantitative estimate of drug-likeness (QED) is 0.792. The first-order valence-corrected chi connectivity index (χ1v) is 9.63. The molecule has 6 heteroatoms. The minimum absolute atomic E-state index is 0.0930. The maximum Gasteiger partial charge on any atom is 0.238 e. The fourth-order valence-electron chi connectivity index (χ4n) is 2.73. The highest BCUT2D eigenvalue weighted by Gasteiger charge is 2.34. The second-order valence-corrected chi connectivity index (χ2v) is 7.32. The molecule has 4 nitrogen and oxygen atoms in total. The van der Waals surface area contributed by atoms with Gasteiger partial charge in [-0.25, -0.2) is 0 Å². The number of anilines is 2. The van der Waals surface area contributed by atoms with E-state index in [2.05, 4.69) is 5.32 Å². The van der Waals surface area contributed by atoms with Gasteiger partial charge in [0.1, 0.15) is 5.37 Å². The summed E-state index contributed by atoms with van der Waals surface area (Å²) in [7, 11) is 0. The Morgan fingerprint density at radius 1 is 1.28 bits per heavy atom. The van der Waals surface area contributed by atoms with Crippen LogP contribution >= 0.6 is 23.4 Å². The molecule has 2 aromatic rings. The van der Waals surface area contributed by atoms with Crippen molar-refractivity contribution in [3.63, 3.8) is 0 Å². The molecular weight excluding hydrogens is 356 g/mol. The number of carbonyl (C=O) groups is 2. The smallest absolute Gasteiger partial charge is 0.238 e. The topological polar surface area (TPSA) is 49.4 Å². The molecular formula is C19H19ClN2O2S. The molecule has 0 spiro atoms. The summed E-state index contributed by atoms with van der Waals surface area (Å²) >= 11 is 7.19. The molecule has 2 amide bonds. The number of halogens is 1. The van der Waals surface area contributed by atoms with Gasteiger partial charge in [-0.3, -0.25) is 14.5 Å². The third kappa shape index (κ3) is 4.17. The van der Waals surface area contributed by atoms with Crippen LogP contribution in [0.3, 0.4) is 0 Å². The molecule has 1 atom stereocenters. The predicted octanol–water partition coefficient (Wildman–Crippen LogP) is 4.34. The summed E-state index contributed by atoms with van der Waals surface area (Å²) in [5.74, 6) is 0.717. The van der Waals surface area contributed by atoms with Gasteiger partial charge in [-0.2, -0.15) is 0 Å². The Labute approximate surface area is 156 Å². The summed E-state index contributed by atoms with van der Waals surface area (Å²) in [6.07, 6.45) is 0.276. The Kier molecular flexibility index (Phi) is 5.66. The lowest BCUT2D eigenvalue weighted by molar-refractivity contribution is -0.116. The number of benzene rings is 2. The average Bonchev–Trinajstić information content (AvgIpc) is 2.98. The van der Waals surface area contributed by atoms with Crippen LogP contribution in [0.1, 0.15) is 22.9 Å². The van der Waals surface area contributed by atoms with Gasteiger partial charge in [0.15, 0.2) is 0 Å². The number of hydrogen-bond acceptors (Lipinski definition) is 3. The maximum absolute atomic E-state index is 12.4. The summed E-state index contributed by atoms with van der Waals surface area (Å²) in [4.78, 5) is 26.0. The first kappa shape index (κ1) is 17.8. The number of hydrogen-bond donors (Lipinski definition) is 1. The van der Waals surface area contributed by atoms with E-state index >= 15 is 0 Å². The van der Waals surface area contributed by atoms with Crippen LogP contribution in [0.25, 0.3) is 0 Å². The normalized spacial score (nSPS) is 17.0. The van der Waals surface area contributed by atoms with Gasteiger partial charge in [-0.15, -0.1) is 23.4 Å². The van der Waals surface area contributed by atoms with Gasteiger partial charge in [-0.1, -0.05) is 29.8 Å². The van der Waals surface area contributed by atoms with Crippen molar-refractivity contribution in [1.82, 2.24) is 0 Å². The highest BCUT2D eigenvalue weighted by Crippen LogP contribution is 2.42. The number of rotatable bonds is 5. The minimum Gasteiger partial charge on any atom is -0.326 e. The number of aryl methyl sites for hydroxylation is 1. The molecule has 1 aliphatic heterocycles. The molecule has 1 fully saturated rings. The monoisotopic (exact) mass is 374 g/mol. The van der Waals surface area contributed by atoms with Crippen LogP contribution in [-0.2, 0) is 9.59 Å². The van der Waals surface area contributed by atoms with Gasteiger partial charge >= 0.3 is 0 Å². The first-order chi connectivity index (χ1) is 12.1. The van der Waals surface area contributed by atoms with E-state index in [1.807, 2.05) is 60.4 Å². The van der Waals surface area contributed by atoms with Crippen LogP contribution in [0.2, 0.25) is 0 Å². The van der Waals surface area contributed by atoms with Crippen molar-refractivity contribution in [3.05, 3.63) is 59.7 Å². The van der Waals surface area contributed by atoms with Crippen molar-refractivity contribution in [2.75, 3.05) is 21.8 Å². The SMILES string of the molecule is Cc1ccc(N2C(=O)CS[C@H]2c2cccc(NC(=O)CCCl)c2)cc1. The number of nitrogens with one attached hydrogen (secondary N) is 1. The molecule has 0 radical (unpaired) electrons. The molecule has 3 rings (SSSR count). The number of amides is 2. The fourth-order valence-corrected chi connectivity index (χ4v) is 4.07. The second kappa shape index (κ2) is 7.93. The lowest BCUT2D eigenvalue weighted by atomic mass is 10.1. The average molecular weight is 375 g/mol. The van der Waals surface area contributed by atoms with E-state index in [4.69, 9.17) is 11.6 Å². The van der Waals surface area contributed by atoms with E-state index in [9.17, 15) is 9.59 Å². The Hall–Kier alpha value is -1.98. The highest BCUT2D eigenvalue weighted by atomic mass is 35.5. The van der Waals surface area contributed by atoms with Gasteiger partial charge in [-0.05, 0) is 36.8 Å². The summed E-state index contributed by atoms with van der Waals surface area (Å²) < 4.78 is 0. The zero-order valence-corrected chi connectivity index (χ0v) is 15.4. The number of carbonyl (C=O) groups excluding carboxylic acids is 2. The van der Waals surface area contributed by atoms with E-state index in [0.717, 1.165) is 22.5 Å². The molecule has 1 saturated heterocycles.